The summed E-state index contributed by atoms with van der Waals surface area (Å²) in [5, 5.41) is 84.1. The first-order valence-electron chi connectivity index (χ1n) is 17.5. The van der Waals surface area contributed by atoms with Gasteiger partial charge in [-0.2, -0.15) is 0 Å². The predicted octanol–water partition coefficient (Wildman–Crippen LogP) is 1.89. The van der Waals surface area contributed by atoms with Gasteiger partial charge in [0.15, 0.2) is 6.29 Å². The molecule has 0 aromatic rings. The molecule has 6 aliphatic rings. The quantitative estimate of drug-likeness (QED) is 0.193. The molecule has 3 saturated carbocycles. The van der Waals surface area contributed by atoms with Gasteiger partial charge in [-0.15, -0.1) is 0 Å². The van der Waals surface area contributed by atoms with Crippen molar-refractivity contribution in [2.75, 3.05) is 19.8 Å². The van der Waals surface area contributed by atoms with Gasteiger partial charge in [0.25, 0.3) is 0 Å². The second kappa shape index (κ2) is 11.8. The zero-order chi connectivity index (χ0) is 34.5. The van der Waals surface area contributed by atoms with Gasteiger partial charge in [0.05, 0.1) is 37.4 Å². The van der Waals surface area contributed by atoms with Gasteiger partial charge >= 0.3 is 5.97 Å². The van der Waals surface area contributed by atoms with E-state index in [1.807, 2.05) is 13.8 Å². The number of carboxylic acids is 1. The third-order valence-corrected chi connectivity index (χ3v) is 15.1. The van der Waals surface area contributed by atoms with E-state index in [9.17, 15) is 45.6 Å². The Bertz CT molecular complexity index is 1310. The molecule has 1 aliphatic heterocycles. The van der Waals surface area contributed by atoms with Crippen LogP contribution in [0.3, 0.4) is 0 Å². The molecule has 0 aromatic carbocycles. The highest BCUT2D eigenvalue weighted by Crippen LogP contribution is 2.75. The minimum absolute atomic E-state index is 0.0270. The molecule has 4 fully saturated rings. The number of fused-ring (bicyclic) bond motifs is 7. The summed E-state index contributed by atoms with van der Waals surface area (Å²) >= 11 is 0. The third kappa shape index (κ3) is 4.74. The van der Waals surface area contributed by atoms with Crippen molar-refractivity contribution in [1.82, 2.24) is 0 Å². The lowest BCUT2D eigenvalue weighted by Gasteiger charge is -2.71. The first-order valence-corrected chi connectivity index (χ1v) is 17.5. The van der Waals surface area contributed by atoms with Crippen LogP contribution in [0.25, 0.3) is 0 Å². The van der Waals surface area contributed by atoms with Gasteiger partial charge in [0, 0.05) is 11.3 Å². The highest BCUT2D eigenvalue weighted by Gasteiger charge is 2.70. The predicted molar refractivity (Wildman–Crippen MR) is 170 cm³/mol. The zero-order valence-electron chi connectivity index (χ0n) is 28.4. The summed E-state index contributed by atoms with van der Waals surface area (Å²) in [6.07, 6.45) is -1.54. The molecule has 11 heteroatoms. The molecule has 47 heavy (non-hydrogen) atoms. The van der Waals surface area contributed by atoms with Gasteiger partial charge in [-0.1, -0.05) is 44.9 Å². The SMILES string of the molecule is CC1=C(CO[C@@H]2O[C@H](CO)[C@@H](O)[C@H](O)[C@H]2O)CC[C@]2(C(=O)O)CC[C@]3(C)C(=CC[C@@H]4[C@@]5(C)C[C@@H](O)[C@@H](O)[C@](C)(CO)[C@@H]5CC[C@]43C)[C@H]12. The van der Waals surface area contributed by atoms with Gasteiger partial charge in [-0.25, -0.2) is 0 Å². The number of aliphatic hydroxyl groups is 7. The van der Waals surface area contributed by atoms with Crippen LogP contribution in [-0.2, 0) is 14.3 Å². The van der Waals surface area contributed by atoms with Crippen LogP contribution in [0.15, 0.2) is 22.8 Å². The maximum atomic E-state index is 13.2. The summed E-state index contributed by atoms with van der Waals surface area (Å²) in [5.41, 5.74) is 0.344. The Morgan fingerprint density at radius 2 is 1.66 bits per heavy atom. The normalized spacial score (nSPS) is 52.9. The van der Waals surface area contributed by atoms with Crippen LogP contribution in [0, 0.1) is 44.8 Å². The summed E-state index contributed by atoms with van der Waals surface area (Å²) in [7, 11) is 0. The van der Waals surface area contributed by atoms with Crippen molar-refractivity contribution in [3.63, 3.8) is 0 Å². The zero-order valence-corrected chi connectivity index (χ0v) is 28.4. The van der Waals surface area contributed by atoms with E-state index < -0.39 is 66.3 Å². The molecular weight excluding hydrogens is 608 g/mol. The molecule has 0 bridgehead atoms. The number of carbonyl (C=O) groups is 1. The number of hydrogen-bond acceptors (Lipinski definition) is 10. The smallest absolute Gasteiger partial charge is 0.310 e. The Kier molecular flexibility index (Phi) is 8.92. The fourth-order valence-corrected chi connectivity index (χ4v) is 12.1. The topological polar surface area (TPSA) is 197 Å². The lowest BCUT2D eigenvalue weighted by Crippen LogP contribution is -2.68. The lowest BCUT2D eigenvalue weighted by atomic mass is 9.33. The van der Waals surface area contributed by atoms with Crippen LogP contribution in [0.2, 0.25) is 0 Å². The fraction of sp³-hybridized carbons (Fsp3) is 0.861. The second-order valence-electron chi connectivity index (χ2n) is 16.9. The average Bonchev–Trinajstić information content (AvgIpc) is 3.03. The first kappa shape index (κ1) is 35.4. The van der Waals surface area contributed by atoms with Crippen molar-refractivity contribution < 1.29 is 55.1 Å². The minimum Gasteiger partial charge on any atom is -0.481 e. The molecule has 1 saturated heterocycles. The van der Waals surface area contributed by atoms with Crippen LogP contribution in [-0.4, -0.2) is 110 Å². The number of allylic oxidation sites excluding steroid dienone is 3. The van der Waals surface area contributed by atoms with Crippen molar-refractivity contribution in [2.24, 2.45) is 44.8 Å². The van der Waals surface area contributed by atoms with E-state index in [1.54, 1.807) is 0 Å². The second-order valence-corrected chi connectivity index (χ2v) is 16.9. The van der Waals surface area contributed by atoms with Crippen molar-refractivity contribution in [3.05, 3.63) is 22.8 Å². The van der Waals surface area contributed by atoms with Crippen LogP contribution in [0.4, 0.5) is 0 Å². The van der Waals surface area contributed by atoms with Crippen LogP contribution < -0.4 is 0 Å². The summed E-state index contributed by atoms with van der Waals surface area (Å²) in [6, 6.07) is 0. The lowest BCUT2D eigenvalue weighted by molar-refractivity contribution is -0.299. The number of aliphatic carboxylic acids is 1. The Labute approximate surface area is 277 Å². The third-order valence-electron chi connectivity index (χ3n) is 15.1. The minimum atomic E-state index is -1.55. The Morgan fingerprint density at radius 3 is 2.30 bits per heavy atom. The number of ether oxygens (including phenoxy) is 2. The van der Waals surface area contributed by atoms with Crippen molar-refractivity contribution >= 4 is 5.97 Å². The molecule has 1 heterocycles. The van der Waals surface area contributed by atoms with E-state index in [0.29, 0.717) is 25.7 Å². The van der Waals surface area contributed by atoms with Crippen LogP contribution >= 0.6 is 0 Å². The van der Waals surface area contributed by atoms with E-state index in [0.717, 1.165) is 42.4 Å². The maximum Gasteiger partial charge on any atom is 0.310 e. The fourth-order valence-electron chi connectivity index (χ4n) is 12.1. The first-order chi connectivity index (χ1) is 22.0. The largest absolute Gasteiger partial charge is 0.481 e. The Hall–Kier alpha value is -1.41. The molecular formula is C36H56O11. The molecule has 0 aromatic heterocycles. The number of rotatable bonds is 6. The molecule has 8 N–H and O–H groups in total. The van der Waals surface area contributed by atoms with Gasteiger partial charge < -0.3 is 50.3 Å². The highest BCUT2D eigenvalue weighted by atomic mass is 16.7. The van der Waals surface area contributed by atoms with Crippen molar-refractivity contribution in [3.8, 4) is 0 Å². The van der Waals surface area contributed by atoms with E-state index in [4.69, 9.17) is 9.47 Å². The van der Waals surface area contributed by atoms with E-state index in [1.165, 1.54) is 0 Å². The molecule has 0 unspecified atom stereocenters. The molecule has 15 atom stereocenters. The van der Waals surface area contributed by atoms with E-state index >= 15 is 0 Å². The van der Waals surface area contributed by atoms with Crippen molar-refractivity contribution in [2.45, 2.75) is 129 Å². The number of carboxylic acid groups (broad SMARTS) is 1. The molecule has 5 aliphatic carbocycles. The van der Waals surface area contributed by atoms with Crippen LogP contribution in [0.5, 0.6) is 0 Å². The standard InChI is InChI=1S/C36H56O11/c1-18-19(16-46-30-28(42)27(41)26(40)22(15-37)47-30)8-11-36(31(44)45)13-12-34(4)20(25(18)36)6-7-24-32(2)14-21(39)29(43)33(3,17-38)23(32)9-10-35(24,34)5/h6,21-30,37-43H,7-17H2,1-5H3,(H,44,45)/t21-,22-,23-,24-,25+,26-,27+,28-,29-,30-,32+,33-,34-,35-,36+/m1/s1. The summed E-state index contributed by atoms with van der Waals surface area (Å²) in [4.78, 5) is 13.2. The molecule has 266 valence electrons. The van der Waals surface area contributed by atoms with Crippen LogP contribution in [0.1, 0.15) is 86.0 Å². The molecule has 0 radical (unpaired) electrons. The summed E-state index contributed by atoms with van der Waals surface area (Å²) in [5.74, 6) is -0.968. The molecule has 0 spiro atoms. The number of hydrogen-bond donors (Lipinski definition) is 8. The van der Waals surface area contributed by atoms with Gasteiger partial charge in [-0.3, -0.25) is 4.79 Å². The highest BCUT2D eigenvalue weighted by molar-refractivity contribution is 5.78. The van der Waals surface area contributed by atoms with Gasteiger partial charge in [0.2, 0.25) is 0 Å². The van der Waals surface area contributed by atoms with Gasteiger partial charge in [0.1, 0.15) is 24.4 Å². The Morgan fingerprint density at radius 1 is 0.957 bits per heavy atom. The van der Waals surface area contributed by atoms with Crippen molar-refractivity contribution in [1.29, 1.82) is 0 Å². The Balaban J connectivity index is 1.36. The maximum absolute atomic E-state index is 13.2. The summed E-state index contributed by atoms with van der Waals surface area (Å²) < 4.78 is 11.5. The van der Waals surface area contributed by atoms with E-state index in [-0.39, 0.29) is 47.2 Å². The molecule has 6 rings (SSSR count). The van der Waals surface area contributed by atoms with Gasteiger partial charge in [-0.05, 0) is 91.9 Å². The number of aliphatic hydroxyl groups excluding tert-OH is 7. The molecule has 11 nitrogen and oxygen atoms in total. The monoisotopic (exact) mass is 664 g/mol. The van der Waals surface area contributed by atoms with E-state index in [2.05, 4.69) is 26.8 Å². The average molecular weight is 665 g/mol. The molecule has 0 amide bonds. The summed E-state index contributed by atoms with van der Waals surface area (Å²) in [6.45, 7) is 10.1.